The van der Waals surface area contributed by atoms with Gasteiger partial charge in [0.1, 0.15) is 0 Å². The molecular formula is C14H18N2. The number of hydrogen-bond acceptors (Lipinski definition) is 1. The number of aromatic nitrogens is 1. The molecule has 84 valence electrons. The molecule has 0 radical (unpaired) electrons. The van der Waals surface area contributed by atoms with Gasteiger partial charge in [0.25, 0.3) is 0 Å². The van der Waals surface area contributed by atoms with Crippen LogP contribution >= 0.6 is 0 Å². The van der Waals surface area contributed by atoms with Gasteiger partial charge < -0.3 is 9.88 Å². The normalized spacial score (nSPS) is 15.6. The molecule has 3 rings (SSSR count). The molecule has 1 fully saturated rings. The lowest BCUT2D eigenvalue weighted by Gasteiger charge is -2.06. The number of benzene rings is 1. The van der Waals surface area contributed by atoms with Crippen LogP contribution in [0.3, 0.4) is 0 Å². The van der Waals surface area contributed by atoms with Crippen molar-refractivity contribution in [1.82, 2.24) is 4.57 Å². The number of fused-ring (bicyclic) bond motifs is 1. The van der Waals surface area contributed by atoms with E-state index in [2.05, 4.69) is 47.4 Å². The molecule has 2 nitrogen and oxygen atoms in total. The molecule has 1 aliphatic carbocycles. The van der Waals surface area contributed by atoms with Gasteiger partial charge in [-0.2, -0.15) is 0 Å². The molecule has 1 saturated carbocycles. The van der Waals surface area contributed by atoms with Crippen molar-refractivity contribution < 1.29 is 0 Å². The van der Waals surface area contributed by atoms with Crippen LogP contribution in [-0.2, 0) is 7.05 Å². The van der Waals surface area contributed by atoms with Crippen molar-refractivity contribution in [3.05, 3.63) is 30.5 Å². The maximum absolute atomic E-state index is 3.51. The standard InChI is InChI=1S/C14H18N2/c1-16-9-7-12-10-13(4-5-14(12)16)15-8-6-11-2-3-11/h4-5,7,9-11,15H,2-3,6,8H2,1H3. The van der Waals surface area contributed by atoms with Crippen molar-refractivity contribution in [3.63, 3.8) is 0 Å². The van der Waals surface area contributed by atoms with E-state index in [1.807, 2.05) is 0 Å². The minimum absolute atomic E-state index is 1.01. The van der Waals surface area contributed by atoms with Crippen LogP contribution in [0.1, 0.15) is 19.3 Å². The molecule has 0 saturated heterocycles. The van der Waals surface area contributed by atoms with Gasteiger partial charge in [0, 0.05) is 36.4 Å². The minimum atomic E-state index is 1.01. The molecule has 1 aliphatic rings. The Bertz CT molecular complexity index is 494. The second kappa shape index (κ2) is 3.85. The Kier molecular flexibility index (Phi) is 2.35. The maximum atomic E-state index is 3.51. The second-order valence-corrected chi connectivity index (χ2v) is 4.86. The number of aryl methyl sites for hydroxylation is 1. The molecular weight excluding hydrogens is 196 g/mol. The van der Waals surface area contributed by atoms with Crippen molar-refractivity contribution in [2.75, 3.05) is 11.9 Å². The van der Waals surface area contributed by atoms with Crippen LogP contribution in [0.15, 0.2) is 30.5 Å². The van der Waals surface area contributed by atoms with Crippen LogP contribution in [0.5, 0.6) is 0 Å². The van der Waals surface area contributed by atoms with Crippen LogP contribution in [-0.4, -0.2) is 11.1 Å². The number of nitrogens with zero attached hydrogens (tertiary/aromatic N) is 1. The van der Waals surface area contributed by atoms with Crippen LogP contribution in [0.2, 0.25) is 0 Å². The summed E-state index contributed by atoms with van der Waals surface area (Å²) in [4.78, 5) is 0. The first-order chi connectivity index (χ1) is 7.83. The predicted molar refractivity (Wildman–Crippen MR) is 68.7 cm³/mol. The Morgan fingerprint density at radius 2 is 2.19 bits per heavy atom. The van der Waals surface area contributed by atoms with E-state index in [0.717, 1.165) is 12.5 Å². The molecule has 2 aromatic rings. The molecule has 0 spiro atoms. The summed E-state index contributed by atoms with van der Waals surface area (Å²) in [5, 5.41) is 4.83. The summed E-state index contributed by atoms with van der Waals surface area (Å²) < 4.78 is 2.16. The Hall–Kier alpha value is -1.44. The molecule has 1 N–H and O–H groups in total. The predicted octanol–water partition coefficient (Wildman–Crippen LogP) is 3.39. The van der Waals surface area contributed by atoms with Crippen LogP contribution in [0.25, 0.3) is 10.9 Å². The average Bonchev–Trinajstić information content (AvgIpc) is 3.04. The summed E-state index contributed by atoms with van der Waals surface area (Å²) in [6.07, 6.45) is 6.32. The molecule has 1 heterocycles. The average molecular weight is 214 g/mol. The number of anilines is 1. The van der Waals surface area contributed by atoms with E-state index in [1.165, 1.54) is 35.9 Å². The van der Waals surface area contributed by atoms with Crippen molar-refractivity contribution >= 4 is 16.6 Å². The van der Waals surface area contributed by atoms with Gasteiger partial charge in [0.2, 0.25) is 0 Å². The third kappa shape index (κ3) is 1.92. The minimum Gasteiger partial charge on any atom is -0.385 e. The third-order valence-electron chi connectivity index (χ3n) is 3.46. The highest BCUT2D eigenvalue weighted by Crippen LogP contribution is 2.32. The zero-order valence-corrected chi connectivity index (χ0v) is 9.74. The Morgan fingerprint density at radius 1 is 1.31 bits per heavy atom. The highest BCUT2D eigenvalue weighted by Gasteiger charge is 2.20. The van der Waals surface area contributed by atoms with Crippen LogP contribution in [0, 0.1) is 5.92 Å². The SMILES string of the molecule is Cn1ccc2cc(NCCC3CC3)ccc21. The summed E-state index contributed by atoms with van der Waals surface area (Å²) >= 11 is 0. The lowest BCUT2D eigenvalue weighted by atomic mass is 10.2. The van der Waals surface area contributed by atoms with E-state index in [9.17, 15) is 0 Å². The van der Waals surface area contributed by atoms with Gasteiger partial charge in [-0.3, -0.25) is 0 Å². The quantitative estimate of drug-likeness (QED) is 0.825. The van der Waals surface area contributed by atoms with E-state index < -0.39 is 0 Å². The summed E-state index contributed by atoms with van der Waals surface area (Å²) in [5.41, 5.74) is 2.55. The lowest BCUT2D eigenvalue weighted by Crippen LogP contribution is -2.01. The monoisotopic (exact) mass is 214 g/mol. The van der Waals surface area contributed by atoms with Gasteiger partial charge in [-0.25, -0.2) is 0 Å². The Morgan fingerprint density at radius 3 is 3.00 bits per heavy atom. The van der Waals surface area contributed by atoms with Gasteiger partial charge in [-0.05, 0) is 36.6 Å². The van der Waals surface area contributed by atoms with Crippen molar-refractivity contribution in [2.45, 2.75) is 19.3 Å². The zero-order chi connectivity index (χ0) is 11.0. The molecule has 16 heavy (non-hydrogen) atoms. The first-order valence-corrected chi connectivity index (χ1v) is 6.12. The Labute approximate surface area is 96.3 Å². The number of nitrogens with one attached hydrogen (secondary N) is 1. The van der Waals surface area contributed by atoms with Gasteiger partial charge in [-0.15, -0.1) is 0 Å². The van der Waals surface area contributed by atoms with Crippen molar-refractivity contribution in [1.29, 1.82) is 0 Å². The van der Waals surface area contributed by atoms with Crippen molar-refractivity contribution in [3.8, 4) is 0 Å². The molecule has 2 heteroatoms. The van der Waals surface area contributed by atoms with Gasteiger partial charge in [0.15, 0.2) is 0 Å². The van der Waals surface area contributed by atoms with E-state index in [4.69, 9.17) is 0 Å². The van der Waals surface area contributed by atoms with Crippen molar-refractivity contribution in [2.24, 2.45) is 13.0 Å². The van der Waals surface area contributed by atoms with E-state index in [0.29, 0.717) is 0 Å². The molecule has 0 amide bonds. The topological polar surface area (TPSA) is 17.0 Å². The molecule has 1 aromatic carbocycles. The summed E-state index contributed by atoms with van der Waals surface area (Å²) in [6.45, 7) is 1.11. The molecule has 0 atom stereocenters. The van der Waals surface area contributed by atoms with Crippen LogP contribution < -0.4 is 5.32 Å². The van der Waals surface area contributed by atoms with E-state index in [-0.39, 0.29) is 0 Å². The smallest absolute Gasteiger partial charge is 0.0479 e. The summed E-state index contributed by atoms with van der Waals surface area (Å²) in [5.74, 6) is 1.01. The number of rotatable bonds is 4. The van der Waals surface area contributed by atoms with E-state index >= 15 is 0 Å². The van der Waals surface area contributed by atoms with Gasteiger partial charge in [-0.1, -0.05) is 12.8 Å². The molecule has 0 unspecified atom stereocenters. The molecule has 1 aromatic heterocycles. The first kappa shape index (κ1) is 9.76. The zero-order valence-electron chi connectivity index (χ0n) is 9.74. The largest absolute Gasteiger partial charge is 0.385 e. The summed E-state index contributed by atoms with van der Waals surface area (Å²) in [7, 11) is 2.09. The van der Waals surface area contributed by atoms with Gasteiger partial charge in [0.05, 0.1) is 0 Å². The first-order valence-electron chi connectivity index (χ1n) is 6.12. The highest BCUT2D eigenvalue weighted by molar-refractivity contribution is 5.83. The summed E-state index contributed by atoms with van der Waals surface area (Å²) in [6, 6.07) is 8.77. The van der Waals surface area contributed by atoms with Gasteiger partial charge >= 0.3 is 0 Å². The third-order valence-corrected chi connectivity index (χ3v) is 3.46. The molecule has 0 bridgehead atoms. The highest BCUT2D eigenvalue weighted by atomic mass is 14.9. The fourth-order valence-corrected chi connectivity index (χ4v) is 2.22. The fraction of sp³-hybridized carbons (Fsp3) is 0.429. The lowest BCUT2D eigenvalue weighted by molar-refractivity contribution is 0.760. The maximum Gasteiger partial charge on any atom is 0.0479 e. The Balaban J connectivity index is 1.71. The second-order valence-electron chi connectivity index (χ2n) is 4.86. The fourth-order valence-electron chi connectivity index (χ4n) is 2.22. The number of hydrogen-bond donors (Lipinski definition) is 1. The molecule has 0 aliphatic heterocycles. The van der Waals surface area contributed by atoms with E-state index in [1.54, 1.807) is 0 Å². The van der Waals surface area contributed by atoms with Crippen LogP contribution in [0.4, 0.5) is 5.69 Å².